The fraction of sp³-hybridized carbons (Fsp3) is 1.00. The third-order valence-electron chi connectivity index (χ3n) is 1.90. The minimum atomic E-state index is -0.170. The molecule has 0 bridgehead atoms. The highest BCUT2D eigenvalue weighted by Gasteiger charge is 2.20. The Labute approximate surface area is 61.2 Å². The quantitative estimate of drug-likeness (QED) is 0.478. The van der Waals surface area contributed by atoms with Gasteiger partial charge in [-0.25, -0.2) is 0 Å². The average Bonchev–Trinajstić information content (AvgIpc) is 1.89. The molecule has 1 aliphatic carbocycles. The van der Waals surface area contributed by atoms with Gasteiger partial charge in [-0.15, -0.1) is 0 Å². The van der Waals surface area contributed by atoms with Crippen LogP contribution in [0.25, 0.3) is 0 Å². The second-order valence-corrected chi connectivity index (χ2v) is 2.85. The molecule has 0 aromatic heterocycles. The molecule has 1 rings (SSSR count). The van der Waals surface area contributed by atoms with E-state index in [1.54, 1.807) is 0 Å². The molecule has 0 spiro atoms. The Hall–Kier alpha value is 0.270. The molecular formula is C6H13NOS. The van der Waals surface area contributed by atoms with E-state index in [0.29, 0.717) is 0 Å². The first kappa shape index (κ1) is 7.38. The molecule has 2 unspecified atom stereocenters. The van der Waals surface area contributed by atoms with Crippen molar-refractivity contribution in [3.05, 3.63) is 0 Å². The van der Waals surface area contributed by atoms with E-state index in [2.05, 4.69) is 17.5 Å². The number of hydrogen-bond donors (Lipinski definition) is 3. The summed E-state index contributed by atoms with van der Waals surface area (Å²) < 4.78 is 2.80. The van der Waals surface area contributed by atoms with Crippen LogP contribution in [0.2, 0.25) is 0 Å². The molecule has 1 saturated carbocycles. The SMILES string of the molecule is OC1CCCCC1NS. The first-order valence-corrected chi connectivity index (χ1v) is 3.87. The predicted octanol–water partition coefficient (Wildman–Crippen LogP) is 0.724. The van der Waals surface area contributed by atoms with Crippen molar-refractivity contribution in [2.45, 2.75) is 37.8 Å². The molecule has 2 nitrogen and oxygen atoms in total. The summed E-state index contributed by atoms with van der Waals surface area (Å²) in [6.45, 7) is 0. The van der Waals surface area contributed by atoms with Crippen molar-refractivity contribution in [1.29, 1.82) is 0 Å². The molecule has 0 saturated heterocycles. The van der Waals surface area contributed by atoms with Gasteiger partial charge in [0.1, 0.15) is 0 Å². The lowest BCUT2D eigenvalue weighted by atomic mass is 9.93. The lowest BCUT2D eigenvalue weighted by Gasteiger charge is -2.26. The molecule has 3 heteroatoms. The van der Waals surface area contributed by atoms with Crippen molar-refractivity contribution < 1.29 is 5.11 Å². The summed E-state index contributed by atoms with van der Waals surface area (Å²) >= 11 is 3.91. The maximum absolute atomic E-state index is 9.26. The van der Waals surface area contributed by atoms with E-state index in [9.17, 15) is 5.11 Å². The maximum Gasteiger partial charge on any atom is 0.0702 e. The van der Waals surface area contributed by atoms with Crippen LogP contribution in [-0.2, 0) is 0 Å². The average molecular weight is 147 g/mol. The number of hydrogen-bond acceptors (Lipinski definition) is 3. The molecule has 9 heavy (non-hydrogen) atoms. The Kier molecular flexibility index (Phi) is 2.82. The van der Waals surface area contributed by atoms with Crippen molar-refractivity contribution in [3.63, 3.8) is 0 Å². The smallest absolute Gasteiger partial charge is 0.0702 e. The molecule has 0 aromatic rings. The van der Waals surface area contributed by atoms with Gasteiger partial charge in [0.05, 0.1) is 6.10 Å². The molecule has 2 N–H and O–H groups in total. The molecular weight excluding hydrogens is 134 g/mol. The topological polar surface area (TPSA) is 32.3 Å². The van der Waals surface area contributed by atoms with Crippen molar-refractivity contribution in [2.24, 2.45) is 0 Å². The predicted molar refractivity (Wildman–Crippen MR) is 40.4 cm³/mol. The van der Waals surface area contributed by atoms with E-state index in [-0.39, 0.29) is 12.1 Å². The number of rotatable bonds is 1. The Morgan fingerprint density at radius 1 is 1.33 bits per heavy atom. The zero-order valence-electron chi connectivity index (χ0n) is 5.38. The number of thiol groups is 1. The van der Waals surface area contributed by atoms with Crippen molar-refractivity contribution in [2.75, 3.05) is 0 Å². The van der Waals surface area contributed by atoms with E-state index in [1.807, 2.05) is 0 Å². The monoisotopic (exact) mass is 147 g/mol. The molecule has 54 valence electrons. The molecule has 0 aromatic carbocycles. The molecule has 0 amide bonds. The Balaban J connectivity index is 2.30. The summed E-state index contributed by atoms with van der Waals surface area (Å²) in [7, 11) is 0. The third kappa shape index (κ3) is 1.85. The standard InChI is InChI=1S/C6H13NOS/c8-6-4-2-1-3-5(6)7-9/h5-9H,1-4H2. The van der Waals surface area contributed by atoms with Gasteiger partial charge in [0.2, 0.25) is 0 Å². The first-order valence-electron chi connectivity index (χ1n) is 3.42. The fourth-order valence-electron chi connectivity index (χ4n) is 1.26. The Morgan fingerprint density at radius 2 is 2.00 bits per heavy atom. The van der Waals surface area contributed by atoms with Crippen molar-refractivity contribution >= 4 is 12.8 Å². The van der Waals surface area contributed by atoms with Crippen LogP contribution in [0.15, 0.2) is 0 Å². The summed E-state index contributed by atoms with van der Waals surface area (Å²) in [6, 6.07) is 0.224. The minimum absolute atomic E-state index is 0.170. The van der Waals surface area contributed by atoms with Crippen LogP contribution in [0.4, 0.5) is 0 Å². The number of aliphatic hydroxyl groups is 1. The highest BCUT2D eigenvalue weighted by atomic mass is 32.1. The van der Waals surface area contributed by atoms with E-state index in [4.69, 9.17) is 0 Å². The van der Waals surface area contributed by atoms with Crippen LogP contribution in [0.5, 0.6) is 0 Å². The van der Waals surface area contributed by atoms with Gasteiger partial charge in [-0.3, -0.25) is 4.72 Å². The van der Waals surface area contributed by atoms with Crippen LogP contribution in [0, 0.1) is 0 Å². The molecule has 0 heterocycles. The summed E-state index contributed by atoms with van der Waals surface area (Å²) in [4.78, 5) is 0. The highest BCUT2D eigenvalue weighted by molar-refractivity contribution is 7.78. The maximum atomic E-state index is 9.26. The van der Waals surface area contributed by atoms with Gasteiger partial charge >= 0.3 is 0 Å². The number of aliphatic hydroxyl groups excluding tert-OH is 1. The van der Waals surface area contributed by atoms with Gasteiger partial charge in [-0.1, -0.05) is 25.7 Å². The second kappa shape index (κ2) is 3.44. The molecule has 0 aliphatic heterocycles. The van der Waals surface area contributed by atoms with Crippen LogP contribution < -0.4 is 4.72 Å². The van der Waals surface area contributed by atoms with Gasteiger partial charge in [-0.2, -0.15) is 0 Å². The van der Waals surface area contributed by atoms with Gasteiger partial charge in [0.25, 0.3) is 0 Å². The van der Waals surface area contributed by atoms with Crippen LogP contribution in [0.1, 0.15) is 25.7 Å². The van der Waals surface area contributed by atoms with Crippen LogP contribution in [0.3, 0.4) is 0 Å². The van der Waals surface area contributed by atoms with E-state index in [0.717, 1.165) is 19.3 Å². The zero-order chi connectivity index (χ0) is 6.69. The summed E-state index contributed by atoms with van der Waals surface area (Å²) in [5.74, 6) is 0. The zero-order valence-corrected chi connectivity index (χ0v) is 6.27. The van der Waals surface area contributed by atoms with E-state index < -0.39 is 0 Å². The molecule has 1 fully saturated rings. The second-order valence-electron chi connectivity index (χ2n) is 2.59. The van der Waals surface area contributed by atoms with E-state index in [1.165, 1.54) is 6.42 Å². The largest absolute Gasteiger partial charge is 0.391 e. The Morgan fingerprint density at radius 3 is 2.44 bits per heavy atom. The van der Waals surface area contributed by atoms with Gasteiger partial charge in [0.15, 0.2) is 0 Å². The van der Waals surface area contributed by atoms with Crippen LogP contribution >= 0.6 is 12.8 Å². The third-order valence-corrected chi connectivity index (χ3v) is 2.23. The first-order chi connectivity index (χ1) is 4.34. The number of nitrogens with one attached hydrogen (secondary N) is 1. The van der Waals surface area contributed by atoms with Crippen molar-refractivity contribution in [1.82, 2.24) is 4.72 Å². The Bertz CT molecular complexity index is 89.1. The molecule has 2 atom stereocenters. The van der Waals surface area contributed by atoms with Gasteiger partial charge in [0, 0.05) is 6.04 Å². The molecule has 1 aliphatic rings. The van der Waals surface area contributed by atoms with E-state index >= 15 is 0 Å². The van der Waals surface area contributed by atoms with Crippen LogP contribution in [-0.4, -0.2) is 17.3 Å². The summed E-state index contributed by atoms with van der Waals surface area (Å²) in [5.41, 5.74) is 0. The summed E-state index contributed by atoms with van der Waals surface area (Å²) in [6.07, 6.45) is 4.20. The summed E-state index contributed by atoms with van der Waals surface area (Å²) in [5, 5.41) is 9.26. The van der Waals surface area contributed by atoms with Gasteiger partial charge < -0.3 is 5.11 Å². The normalized spacial score (nSPS) is 36.7. The highest BCUT2D eigenvalue weighted by Crippen LogP contribution is 2.18. The molecule has 0 radical (unpaired) electrons. The minimum Gasteiger partial charge on any atom is -0.391 e. The van der Waals surface area contributed by atoms with Gasteiger partial charge in [-0.05, 0) is 12.8 Å². The lowest BCUT2D eigenvalue weighted by molar-refractivity contribution is 0.103. The lowest BCUT2D eigenvalue weighted by Crippen LogP contribution is -2.37. The van der Waals surface area contributed by atoms with Crippen molar-refractivity contribution in [3.8, 4) is 0 Å². The fourth-order valence-corrected chi connectivity index (χ4v) is 1.56.